The molecule has 4 nitrogen and oxygen atoms in total. The van der Waals surface area contributed by atoms with Crippen molar-refractivity contribution in [3.63, 3.8) is 0 Å². The maximum Gasteiger partial charge on any atom is 0.328 e. The van der Waals surface area contributed by atoms with Gasteiger partial charge in [0, 0.05) is 6.42 Å². The molecule has 1 N–H and O–H groups in total. The first kappa shape index (κ1) is 17.3. The standard InChI is InChI=1S/C15H27NO3S/c1-2-3-4-5-6-7-8-11-20-12-14(17)16-13-9-10-19-15(13)18/h13H,2-12H2,1H3,(H,16,17)/t13-/m0/s1. The van der Waals surface area contributed by atoms with Gasteiger partial charge in [0.2, 0.25) is 5.91 Å². The van der Waals surface area contributed by atoms with Gasteiger partial charge in [-0.15, -0.1) is 0 Å². The Morgan fingerprint density at radius 1 is 1.25 bits per heavy atom. The minimum Gasteiger partial charge on any atom is -0.464 e. The molecule has 0 spiro atoms. The molecule has 1 heterocycles. The van der Waals surface area contributed by atoms with Gasteiger partial charge in [0.15, 0.2) is 0 Å². The molecule has 0 aromatic carbocycles. The Labute approximate surface area is 126 Å². The van der Waals surface area contributed by atoms with Crippen molar-refractivity contribution in [2.75, 3.05) is 18.1 Å². The average molecular weight is 301 g/mol. The van der Waals surface area contributed by atoms with Crippen LogP contribution < -0.4 is 5.32 Å². The number of hydrogen-bond acceptors (Lipinski definition) is 4. The second-order valence-corrected chi connectivity index (χ2v) is 6.36. The van der Waals surface area contributed by atoms with Crippen molar-refractivity contribution in [3.8, 4) is 0 Å². The number of hydrogen-bond donors (Lipinski definition) is 1. The fourth-order valence-electron chi connectivity index (χ4n) is 2.19. The van der Waals surface area contributed by atoms with Crippen LogP contribution in [0.15, 0.2) is 0 Å². The van der Waals surface area contributed by atoms with Crippen molar-refractivity contribution >= 4 is 23.6 Å². The number of ether oxygens (including phenoxy) is 1. The molecular formula is C15H27NO3S. The highest BCUT2D eigenvalue weighted by Crippen LogP contribution is 2.11. The van der Waals surface area contributed by atoms with Gasteiger partial charge in [-0.1, -0.05) is 45.4 Å². The highest BCUT2D eigenvalue weighted by Gasteiger charge is 2.27. The number of carbonyl (C=O) groups is 2. The van der Waals surface area contributed by atoms with E-state index in [1.165, 1.54) is 44.9 Å². The molecule has 1 atom stereocenters. The molecule has 0 aromatic rings. The zero-order valence-electron chi connectivity index (χ0n) is 12.5. The van der Waals surface area contributed by atoms with E-state index in [9.17, 15) is 9.59 Å². The van der Waals surface area contributed by atoms with Crippen molar-refractivity contribution < 1.29 is 14.3 Å². The van der Waals surface area contributed by atoms with E-state index >= 15 is 0 Å². The largest absolute Gasteiger partial charge is 0.464 e. The molecule has 0 aliphatic carbocycles. The molecule has 1 aliphatic heterocycles. The second-order valence-electron chi connectivity index (χ2n) is 5.25. The highest BCUT2D eigenvalue weighted by atomic mass is 32.2. The van der Waals surface area contributed by atoms with Gasteiger partial charge in [-0.25, -0.2) is 4.79 Å². The number of cyclic esters (lactones) is 1. The third-order valence-corrected chi connectivity index (χ3v) is 4.44. The lowest BCUT2D eigenvalue weighted by atomic mass is 10.1. The number of thioether (sulfide) groups is 1. The van der Waals surface area contributed by atoms with Gasteiger partial charge < -0.3 is 10.1 Å². The Hall–Kier alpha value is -0.710. The number of rotatable bonds is 11. The monoisotopic (exact) mass is 301 g/mol. The Morgan fingerprint density at radius 2 is 1.95 bits per heavy atom. The third kappa shape index (κ3) is 7.78. The van der Waals surface area contributed by atoms with Gasteiger partial charge in [0.05, 0.1) is 12.4 Å². The Morgan fingerprint density at radius 3 is 2.60 bits per heavy atom. The Bertz CT molecular complexity index is 297. The Kier molecular flexibility index (Phi) is 9.54. The van der Waals surface area contributed by atoms with Crippen LogP contribution in [0.4, 0.5) is 0 Å². The molecule has 0 unspecified atom stereocenters. The third-order valence-electron chi connectivity index (χ3n) is 3.40. The first-order valence-corrected chi connectivity index (χ1v) is 8.93. The lowest BCUT2D eigenvalue weighted by molar-refractivity contribution is -0.141. The van der Waals surface area contributed by atoms with Gasteiger partial charge in [-0.2, -0.15) is 11.8 Å². The smallest absolute Gasteiger partial charge is 0.328 e. The summed E-state index contributed by atoms with van der Waals surface area (Å²) in [5.74, 6) is 1.12. The molecule has 116 valence electrons. The maximum absolute atomic E-state index is 11.6. The van der Waals surface area contributed by atoms with E-state index in [0.717, 1.165) is 5.75 Å². The molecule has 0 radical (unpaired) electrons. The van der Waals surface area contributed by atoms with E-state index in [2.05, 4.69) is 12.2 Å². The lowest BCUT2D eigenvalue weighted by Gasteiger charge is -2.08. The fraction of sp³-hybridized carbons (Fsp3) is 0.867. The second kappa shape index (κ2) is 11.0. The number of nitrogens with one attached hydrogen (secondary N) is 1. The van der Waals surface area contributed by atoms with Gasteiger partial charge in [-0.3, -0.25) is 4.79 Å². The van der Waals surface area contributed by atoms with Crippen molar-refractivity contribution in [2.24, 2.45) is 0 Å². The molecule has 1 aliphatic rings. The maximum atomic E-state index is 11.6. The molecule has 0 aromatic heterocycles. The predicted octanol–water partition coefficient (Wildman–Crippen LogP) is 2.90. The van der Waals surface area contributed by atoms with Crippen molar-refractivity contribution in [1.82, 2.24) is 5.32 Å². The van der Waals surface area contributed by atoms with Crippen LogP contribution in [0.1, 0.15) is 58.3 Å². The zero-order chi connectivity index (χ0) is 14.6. The molecule has 5 heteroatoms. The van der Waals surface area contributed by atoms with Crippen LogP contribution in [0.2, 0.25) is 0 Å². The summed E-state index contributed by atoms with van der Waals surface area (Å²) < 4.78 is 4.80. The minimum absolute atomic E-state index is 0.0539. The van der Waals surface area contributed by atoms with E-state index in [0.29, 0.717) is 18.8 Å². The molecule has 0 saturated carbocycles. The average Bonchev–Trinajstić information content (AvgIpc) is 2.82. The number of unbranched alkanes of at least 4 members (excludes halogenated alkanes) is 6. The first-order chi connectivity index (χ1) is 9.74. The van der Waals surface area contributed by atoms with Crippen LogP contribution in [-0.2, 0) is 14.3 Å². The lowest BCUT2D eigenvalue weighted by Crippen LogP contribution is -2.38. The molecule has 1 rings (SSSR count). The summed E-state index contributed by atoms with van der Waals surface area (Å²) in [7, 11) is 0. The summed E-state index contributed by atoms with van der Waals surface area (Å²) in [6.07, 6.45) is 9.67. The normalized spacial score (nSPS) is 18.1. The van der Waals surface area contributed by atoms with Crippen LogP contribution in [0, 0.1) is 0 Å². The molecule has 20 heavy (non-hydrogen) atoms. The Balaban J connectivity index is 1.88. The fourth-order valence-corrected chi connectivity index (χ4v) is 3.01. The summed E-state index contributed by atoms with van der Waals surface area (Å²) in [6, 6.07) is -0.415. The quantitative estimate of drug-likeness (QED) is 0.471. The summed E-state index contributed by atoms with van der Waals surface area (Å²) in [5, 5.41) is 2.72. The molecule has 1 saturated heterocycles. The van der Waals surface area contributed by atoms with Crippen molar-refractivity contribution in [3.05, 3.63) is 0 Å². The first-order valence-electron chi connectivity index (χ1n) is 7.77. The summed E-state index contributed by atoms with van der Waals surface area (Å²) in [5.41, 5.74) is 0. The van der Waals surface area contributed by atoms with E-state index in [1.807, 2.05) is 0 Å². The zero-order valence-corrected chi connectivity index (χ0v) is 13.3. The summed E-state index contributed by atoms with van der Waals surface area (Å²) >= 11 is 1.65. The van der Waals surface area contributed by atoms with Crippen LogP contribution in [0.25, 0.3) is 0 Å². The predicted molar refractivity (Wildman–Crippen MR) is 82.8 cm³/mol. The topological polar surface area (TPSA) is 55.4 Å². The van der Waals surface area contributed by atoms with Gasteiger partial charge in [-0.05, 0) is 12.2 Å². The van der Waals surface area contributed by atoms with Gasteiger partial charge in [0.25, 0.3) is 0 Å². The van der Waals surface area contributed by atoms with Crippen LogP contribution in [0.5, 0.6) is 0 Å². The van der Waals surface area contributed by atoms with Gasteiger partial charge >= 0.3 is 5.97 Å². The minimum atomic E-state index is -0.415. The van der Waals surface area contributed by atoms with E-state index in [-0.39, 0.29) is 11.9 Å². The number of carbonyl (C=O) groups excluding carboxylic acids is 2. The number of esters is 1. The molecule has 0 bridgehead atoms. The summed E-state index contributed by atoms with van der Waals surface area (Å²) in [6.45, 7) is 2.65. The molecule has 1 fully saturated rings. The van der Waals surface area contributed by atoms with Crippen LogP contribution >= 0.6 is 11.8 Å². The van der Waals surface area contributed by atoms with Crippen molar-refractivity contribution in [1.29, 1.82) is 0 Å². The SMILES string of the molecule is CCCCCCCCCSCC(=O)N[C@H]1CCOC1=O. The van der Waals surface area contributed by atoms with Gasteiger partial charge in [0.1, 0.15) is 6.04 Å². The summed E-state index contributed by atoms with van der Waals surface area (Å²) in [4.78, 5) is 22.8. The van der Waals surface area contributed by atoms with E-state index in [4.69, 9.17) is 4.74 Å². The van der Waals surface area contributed by atoms with E-state index < -0.39 is 6.04 Å². The molecular weight excluding hydrogens is 274 g/mol. The van der Waals surface area contributed by atoms with E-state index in [1.54, 1.807) is 11.8 Å². The molecule has 1 amide bonds. The number of amides is 1. The highest BCUT2D eigenvalue weighted by molar-refractivity contribution is 7.99. The van der Waals surface area contributed by atoms with Crippen LogP contribution in [-0.4, -0.2) is 36.0 Å². The van der Waals surface area contributed by atoms with Crippen molar-refractivity contribution in [2.45, 2.75) is 64.3 Å². The van der Waals surface area contributed by atoms with Crippen LogP contribution in [0.3, 0.4) is 0 Å².